The molecule has 0 saturated heterocycles. The molecule has 0 fully saturated rings. The number of nitrogens with one attached hydrogen (secondary N) is 1. The third-order valence-electron chi connectivity index (χ3n) is 4.30. The average molecular weight is 364 g/mol. The van der Waals surface area contributed by atoms with Crippen LogP contribution in [0.15, 0.2) is 59.9 Å². The molecule has 0 amide bonds. The number of ether oxygens (including phenoxy) is 1. The third kappa shape index (κ3) is 3.19. The van der Waals surface area contributed by atoms with E-state index in [0.717, 1.165) is 11.3 Å². The first kappa shape index (κ1) is 17.0. The Morgan fingerprint density at radius 2 is 2.15 bits per heavy atom. The van der Waals surface area contributed by atoms with Crippen molar-refractivity contribution in [3.63, 3.8) is 0 Å². The SMILES string of the molecule is CCOc1cccc(Cn2cnc3ccc(-c4cn[nH]c4)c(F)c3c2=O)c1. The van der Waals surface area contributed by atoms with Gasteiger partial charge < -0.3 is 4.74 Å². The molecule has 4 rings (SSSR count). The maximum atomic E-state index is 15.1. The molecule has 136 valence electrons. The lowest BCUT2D eigenvalue weighted by molar-refractivity contribution is 0.340. The minimum absolute atomic E-state index is 0.0304. The molecule has 0 bridgehead atoms. The minimum atomic E-state index is -0.594. The molecule has 4 aromatic rings. The van der Waals surface area contributed by atoms with E-state index >= 15 is 4.39 Å². The number of halogens is 1. The molecule has 1 N–H and O–H groups in total. The van der Waals surface area contributed by atoms with Crippen molar-refractivity contribution in [3.05, 3.63) is 76.9 Å². The molecule has 0 spiro atoms. The summed E-state index contributed by atoms with van der Waals surface area (Å²) in [7, 11) is 0. The molecule has 7 heteroatoms. The van der Waals surface area contributed by atoms with Gasteiger partial charge in [-0.1, -0.05) is 12.1 Å². The van der Waals surface area contributed by atoms with Gasteiger partial charge in [0.2, 0.25) is 0 Å². The molecule has 2 aromatic carbocycles. The molecule has 2 heterocycles. The largest absolute Gasteiger partial charge is 0.494 e. The van der Waals surface area contributed by atoms with E-state index in [2.05, 4.69) is 15.2 Å². The van der Waals surface area contributed by atoms with E-state index in [9.17, 15) is 4.79 Å². The molecule has 0 atom stereocenters. The van der Waals surface area contributed by atoms with E-state index in [-0.39, 0.29) is 11.9 Å². The predicted octanol–water partition coefficient (Wildman–Crippen LogP) is 3.37. The topological polar surface area (TPSA) is 72.8 Å². The molecule has 0 aliphatic rings. The van der Waals surface area contributed by atoms with Crippen LogP contribution >= 0.6 is 0 Å². The molecule has 0 aliphatic carbocycles. The quantitative estimate of drug-likeness (QED) is 0.589. The van der Waals surface area contributed by atoms with E-state index in [1.807, 2.05) is 31.2 Å². The molecular weight excluding hydrogens is 347 g/mol. The van der Waals surface area contributed by atoms with Gasteiger partial charge in [-0.15, -0.1) is 0 Å². The Bertz CT molecular complexity index is 1150. The van der Waals surface area contributed by atoms with Gasteiger partial charge in [0.1, 0.15) is 17.0 Å². The van der Waals surface area contributed by atoms with Crippen LogP contribution in [0.4, 0.5) is 4.39 Å². The van der Waals surface area contributed by atoms with Crippen molar-refractivity contribution >= 4 is 10.9 Å². The fraction of sp³-hybridized carbons (Fsp3) is 0.150. The van der Waals surface area contributed by atoms with Gasteiger partial charge in [0.15, 0.2) is 0 Å². The van der Waals surface area contributed by atoms with Crippen LogP contribution in [0.3, 0.4) is 0 Å². The van der Waals surface area contributed by atoms with E-state index in [0.29, 0.717) is 23.3 Å². The molecule has 0 saturated carbocycles. The van der Waals surface area contributed by atoms with Gasteiger partial charge in [0, 0.05) is 17.3 Å². The highest BCUT2D eigenvalue weighted by Gasteiger charge is 2.15. The van der Waals surface area contributed by atoms with Crippen LogP contribution in [0.5, 0.6) is 5.75 Å². The molecule has 0 radical (unpaired) electrons. The first-order valence-electron chi connectivity index (χ1n) is 8.56. The number of hydrogen-bond acceptors (Lipinski definition) is 4. The van der Waals surface area contributed by atoms with Crippen molar-refractivity contribution in [2.75, 3.05) is 6.61 Å². The summed E-state index contributed by atoms with van der Waals surface area (Å²) in [6.45, 7) is 2.74. The van der Waals surface area contributed by atoms with Crippen molar-refractivity contribution in [1.29, 1.82) is 0 Å². The first-order valence-corrected chi connectivity index (χ1v) is 8.56. The molecular formula is C20H17FN4O2. The van der Waals surface area contributed by atoms with Crippen LogP contribution in [0.1, 0.15) is 12.5 Å². The minimum Gasteiger partial charge on any atom is -0.494 e. The highest BCUT2D eigenvalue weighted by molar-refractivity contribution is 5.84. The maximum absolute atomic E-state index is 15.1. The third-order valence-corrected chi connectivity index (χ3v) is 4.30. The number of nitrogens with zero attached hydrogens (tertiary/aromatic N) is 3. The summed E-state index contributed by atoms with van der Waals surface area (Å²) in [5.74, 6) is 0.133. The summed E-state index contributed by atoms with van der Waals surface area (Å²) < 4.78 is 21.9. The van der Waals surface area contributed by atoms with E-state index in [4.69, 9.17) is 4.74 Å². The van der Waals surface area contributed by atoms with Crippen molar-refractivity contribution in [3.8, 4) is 16.9 Å². The number of aromatic nitrogens is 4. The average Bonchev–Trinajstić information content (AvgIpc) is 3.19. The van der Waals surface area contributed by atoms with Crippen LogP contribution < -0.4 is 10.3 Å². The summed E-state index contributed by atoms with van der Waals surface area (Å²) in [4.78, 5) is 17.2. The summed E-state index contributed by atoms with van der Waals surface area (Å²) in [6.07, 6.45) is 4.53. The number of fused-ring (bicyclic) bond motifs is 1. The molecule has 6 nitrogen and oxygen atoms in total. The number of rotatable bonds is 5. The molecule has 2 aromatic heterocycles. The Balaban J connectivity index is 1.79. The van der Waals surface area contributed by atoms with Crippen LogP contribution in [-0.4, -0.2) is 26.4 Å². The molecule has 0 unspecified atom stereocenters. The number of H-pyrrole nitrogens is 1. The van der Waals surface area contributed by atoms with Crippen molar-refractivity contribution in [2.45, 2.75) is 13.5 Å². The van der Waals surface area contributed by atoms with Crippen molar-refractivity contribution in [1.82, 2.24) is 19.7 Å². The normalized spacial score (nSPS) is 11.0. The first-order chi connectivity index (χ1) is 13.2. The van der Waals surface area contributed by atoms with Gasteiger partial charge in [-0.3, -0.25) is 14.5 Å². The Hall–Kier alpha value is -3.48. The zero-order chi connectivity index (χ0) is 18.8. The number of aromatic amines is 1. The maximum Gasteiger partial charge on any atom is 0.264 e. The smallest absolute Gasteiger partial charge is 0.264 e. The van der Waals surface area contributed by atoms with E-state index < -0.39 is 11.4 Å². The van der Waals surface area contributed by atoms with Gasteiger partial charge in [-0.05, 0) is 36.8 Å². The van der Waals surface area contributed by atoms with Gasteiger partial charge in [-0.25, -0.2) is 9.37 Å². The lowest BCUT2D eigenvalue weighted by Gasteiger charge is -2.10. The van der Waals surface area contributed by atoms with Gasteiger partial charge >= 0.3 is 0 Å². The van der Waals surface area contributed by atoms with Crippen LogP contribution in [0, 0.1) is 5.82 Å². The van der Waals surface area contributed by atoms with Crippen molar-refractivity contribution in [2.24, 2.45) is 0 Å². The summed E-state index contributed by atoms with van der Waals surface area (Å²) in [5.41, 5.74) is 1.66. The van der Waals surface area contributed by atoms with Crippen LogP contribution in [-0.2, 0) is 6.54 Å². The van der Waals surface area contributed by atoms with Gasteiger partial charge in [0.05, 0.1) is 31.2 Å². The second-order valence-electron chi connectivity index (χ2n) is 6.07. The number of benzene rings is 2. The Labute approximate surface area is 154 Å². The zero-order valence-electron chi connectivity index (χ0n) is 14.6. The molecule has 0 aliphatic heterocycles. The van der Waals surface area contributed by atoms with Crippen LogP contribution in [0.25, 0.3) is 22.0 Å². The lowest BCUT2D eigenvalue weighted by Crippen LogP contribution is -2.22. The highest BCUT2D eigenvalue weighted by Crippen LogP contribution is 2.25. The summed E-state index contributed by atoms with van der Waals surface area (Å²) in [6, 6.07) is 10.7. The predicted molar refractivity (Wildman–Crippen MR) is 100 cm³/mol. The summed E-state index contributed by atoms with van der Waals surface area (Å²) in [5, 5.41) is 6.46. The fourth-order valence-corrected chi connectivity index (χ4v) is 3.04. The zero-order valence-corrected chi connectivity index (χ0v) is 14.6. The second kappa shape index (κ2) is 7.03. The van der Waals surface area contributed by atoms with E-state index in [1.165, 1.54) is 17.1 Å². The monoisotopic (exact) mass is 364 g/mol. The Kier molecular flexibility index (Phi) is 4.42. The van der Waals surface area contributed by atoms with Gasteiger partial charge in [0.25, 0.3) is 5.56 Å². The number of hydrogen-bond donors (Lipinski definition) is 1. The van der Waals surface area contributed by atoms with E-state index in [1.54, 1.807) is 18.3 Å². The second-order valence-corrected chi connectivity index (χ2v) is 6.07. The summed E-state index contributed by atoms with van der Waals surface area (Å²) >= 11 is 0. The Morgan fingerprint density at radius 1 is 1.26 bits per heavy atom. The standard InChI is InChI=1S/C20H17FN4O2/c1-2-27-15-5-3-4-13(8-15)11-25-12-22-17-7-6-16(14-9-23-24-10-14)19(21)18(17)20(25)26/h3-10,12H,2,11H2,1H3,(H,23,24). The lowest BCUT2D eigenvalue weighted by atomic mass is 10.1. The van der Waals surface area contributed by atoms with Crippen LogP contribution in [0.2, 0.25) is 0 Å². The Morgan fingerprint density at radius 3 is 2.93 bits per heavy atom. The molecule has 27 heavy (non-hydrogen) atoms. The fourth-order valence-electron chi connectivity index (χ4n) is 3.04. The van der Waals surface area contributed by atoms with Crippen molar-refractivity contribution < 1.29 is 9.13 Å². The van der Waals surface area contributed by atoms with Gasteiger partial charge in [-0.2, -0.15) is 5.10 Å². The highest BCUT2D eigenvalue weighted by atomic mass is 19.1.